The first-order chi connectivity index (χ1) is 20.2. The third-order valence-electron chi connectivity index (χ3n) is 6.19. The molecule has 5 nitrogen and oxygen atoms in total. The van der Waals surface area contributed by atoms with E-state index < -0.39 is 36.1 Å². The maximum Gasteiger partial charge on any atom is 0.425 e. The molecule has 224 valence electrons. The zero-order valence-corrected chi connectivity index (χ0v) is 23.6. The summed E-state index contributed by atoms with van der Waals surface area (Å²) in [5.41, 5.74) is 2.12. The van der Waals surface area contributed by atoms with Gasteiger partial charge in [0, 0.05) is 24.8 Å². The summed E-state index contributed by atoms with van der Waals surface area (Å²) < 4.78 is 76.1. The van der Waals surface area contributed by atoms with Gasteiger partial charge >= 0.3 is 12.1 Å². The zero-order chi connectivity index (χ0) is 30.4. The number of rotatable bonds is 15. The second kappa shape index (κ2) is 16.4. The third kappa shape index (κ3) is 10.7. The van der Waals surface area contributed by atoms with Crippen molar-refractivity contribution in [1.82, 2.24) is 0 Å². The van der Waals surface area contributed by atoms with Crippen molar-refractivity contribution in [3.8, 4) is 23.3 Å². The fourth-order valence-corrected chi connectivity index (χ4v) is 3.93. The molecule has 9 heteroatoms. The fraction of sp³-hybridized carbons (Fsp3) is 0.364. The molecule has 3 rings (SSSR count). The van der Waals surface area contributed by atoms with Crippen molar-refractivity contribution >= 4 is 5.97 Å². The van der Waals surface area contributed by atoms with E-state index in [1.807, 2.05) is 31.2 Å². The van der Waals surface area contributed by atoms with Crippen molar-refractivity contribution in [2.75, 3.05) is 13.2 Å². The average molecular weight is 587 g/mol. The SMILES string of the molecule is CC#Cc1ccc(COc2ccc(COc3ccc(C(=O)OC(CCCCCOCC)C(F)(F)F)c(F)c3)cc2)cc1. The Labute approximate surface area is 243 Å². The monoisotopic (exact) mass is 586 g/mol. The number of carbonyl (C=O) groups is 1. The topological polar surface area (TPSA) is 54.0 Å². The summed E-state index contributed by atoms with van der Waals surface area (Å²) in [6, 6.07) is 18.2. The molecular formula is C33H34F4O5. The van der Waals surface area contributed by atoms with Crippen LogP contribution in [0.25, 0.3) is 0 Å². The standard InChI is InChI=1S/C33H34F4O5/c1-3-8-24-10-12-25(13-11-24)22-40-27-16-14-26(15-17-27)23-41-28-18-19-29(30(34)21-28)32(38)42-31(33(35,36)37)9-6-5-7-20-39-4-2/h10-19,21,31H,4-7,9,20,22-23H2,1-2H3. The molecule has 0 aliphatic carbocycles. The summed E-state index contributed by atoms with van der Waals surface area (Å²) in [5.74, 6) is 4.20. The Morgan fingerprint density at radius 3 is 2.07 bits per heavy atom. The molecule has 1 atom stereocenters. The van der Waals surface area contributed by atoms with Crippen molar-refractivity contribution in [1.29, 1.82) is 0 Å². The van der Waals surface area contributed by atoms with Gasteiger partial charge in [0.1, 0.15) is 30.5 Å². The normalized spacial score (nSPS) is 11.8. The molecule has 0 amide bonds. The number of hydrogen-bond donors (Lipinski definition) is 0. The first-order valence-corrected chi connectivity index (χ1v) is 13.7. The molecule has 0 fully saturated rings. The number of hydrogen-bond acceptors (Lipinski definition) is 5. The van der Waals surface area contributed by atoms with E-state index in [4.69, 9.17) is 14.2 Å². The molecule has 0 bridgehead atoms. The lowest BCUT2D eigenvalue weighted by Gasteiger charge is -2.21. The molecule has 0 radical (unpaired) electrons. The first-order valence-electron chi connectivity index (χ1n) is 13.7. The number of unbranched alkanes of at least 4 members (excludes halogenated alkanes) is 2. The quantitative estimate of drug-likeness (QED) is 0.0781. The number of esters is 1. The van der Waals surface area contributed by atoms with Gasteiger partial charge in [0.25, 0.3) is 0 Å². The van der Waals surface area contributed by atoms with Gasteiger partial charge in [-0.05, 0) is 80.6 Å². The molecule has 0 saturated carbocycles. The summed E-state index contributed by atoms with van der Waals surface area (Å²) in [6.07, 6.45) is -6.20. The summed E-state index contributed by atoms with van der Waals surface area (Å²) in [5, 5.41) is 0. The van der Waals surface area contributed by atoms with Crippen LogP contribution in [0, 0.1) is 17.7 Å². The van der Waals surface area contributed by atoms with E-state index in [2.05, 4.69) is 16.6 Å². The van der Waals surface area contributed by atoms with Crippen LogP contribution >= 0.6 is 0 Å². The van der Waals surface area contributed by atoms with Gasteiger partial charge in [-0.3, -0.25) is 0 Å². The lowest BCUT2D eigenvalue weighted by molar-refractivity contribution is -0.206. The van der Waals surface area contributed by atoms with Gasteiger partial charge < -0.3 is 18.9 Å². The molecule has 3 aromatic rings. The van der Waals surface area contributed by atoms with E-state index >= 15 is 0 Å². The van der Waals surface area contributed by atoms with Gasteiger partial charge in [-0.1, -0.05) is 36.6 Å². The smallest absolute Gasteiger partial charge is 0.425 e. The van der Waals surface area contributed by atoms with Crippen LogP contribution in [0.1, 0.15) is 66.6 Å². The van der Waals surface area contributed by atoms with Gasteiger partial charge in [0.15, 0.2) is 6.10 Å². The van der Waals surface area contributed by atoms with Gasteiger partial charge in [-0.2, -0.15) is 13.2 Å². The largest absolute Gasteiger partial charge is 0.489 e. The molecule has 0 aliphatic heterocycles. The van der Waals surface area contributed by atoms with Crippen LogP contribution < -0.4 is 9.47 Å². The van der Waals surface area contributed by atoms with Crippen molar-refractivity contribution in [3.63, 3.8) is 0 Å². The predicted molar refractivity (Wildman–Crippen MR) is 151 cm³/mol. The lowest BCUT2D eigenvalue weighted by Crippen LogP contribution is -2.34. The molecule has 1 unspecified atom stereocenters. The maximum atomic E-state index is 14.6. The van der Waals surface area contributed by atoms with Crippen LogP contribution in [-0.4, -0.2) is 31.5 Å². The third-order valence-corrected chi connectivity index (χ3v) is 6.19. The predicted octanol–water partition coefficient (Wildman–Crippen LogP) is 8.04. The Bertz CT molecular complexity index is 1330. The molecule has 0 aromatic heterocycles. The Morgan fingerprint density at radius 2 is 1.48 bits per heavy atom. The Hall–Kier alpha value is -4.03. The second-order valence-electron chi connectivity index (χ2n) is 9.42. The van der Waals surface area contributed by atoms with Crippen LogP contribution in [0.4, 0.5) is 17.6 Å². The Balaban J connectivity index is 1.49. The summed E-state index contributed by atoms with van der Waals surface area (Å²) in [4.78, 5) is 12.4. The molecule has 0 heterocycles. The van der Waals surface area contributed by atoms with E-state index in [9.17, 15) is 22.4 Å². The van der Waals surface area contributed by atoms with E-state index in [0.29, 0.717) is 38.4 Å². The average Bonchev–Trinajstić information content (AvgIpc) is 2.97. The highest BCUT2D eigenvalue weighted by Crippen LogP contribution is 2.29. The first kappa shape index (κ1) is 32.5. The highest BCUT2D eigenvalue weighted by Gasteiger charge is 2.42. The van der Waals surface area contributed by atoms with Crippen LogP contribution in [0.2, 0.25) is 0 Å². The van der Waals surface area contributed by atoms with Crippen LogP contribution in [0.15, 0.2) is 66.7 Å². The summed E-state index contributed by atoms with van der Waals surface area (Å²) >= 11 is 0. The molecule has 3 aromatic carbocycles. The van der Waals surface area contributed by atoms with E-state index in [1.165, 1.54) is 6.07 Å². The van der Waals surface area contributed by atoms with E-state index in [-0.39, 0.29) is 18.8 Å². The maximum absolute atomic E-state index is 14.6. The van der Waals surface area contributed by atoms with Crippen molar-refractivity contribution < 1.29 is 41.3 Å². The summed E-state index contributed by atoms with van der Waals surface area (Å²) in [7, 11) is 0. The number of halogens is 4. The second-order valence-corrected chi connectivity index (χ2v) is 9.42. The van der Waals surface area contributed by atoms with E-state index in [1.54, 1.807) is 31.2 Å². The van der Waals surface area contributed by atoms with Gasteiger partial charge in [0.05, 0.1) is 5.56 Å². The van der Waals surface area contributed by atoms with Gasteiger partial charge in [-0.25, -0.2) is 9.18 Å². The molecule has 0 aliphatic rings. The Morgan fingerprint density at radius 1 is 0.857 bits per heavy atom. The fourth-order valence-electron chi connectivity index (χ4n) is 3.93. The highest BCUT2D eigenvalue weighted by molar-refractivity contribution is 5.90. The molecule has 0 N–H and O–H groups in total. The molecule has 42 heavy (non-hydrogen) atoms. The van der Waals surface area contributed by atoms with Gasteiger partial charge in [-0.15, -0.1) is 5.92 Å². The van der Waals surface area contributed by atoms with Crippen molar-refractivity contribution in [2.45, 2.75) is 65.0 Å². The van der Waals surface area contributed by atoms with Crippen LogP contribution in [0.5, 0.6) is 11.5 Å². The minimum atomic E-state index is -4.76. The van der Waals surface area contributed by atoms with E-state index in [0.717, 1.165) is 28.8 Å². The Kier molecular flexibility index (Phi) is 12.7. The van der Waals surface area contributed by atoms with Crippen LogP contribution in [-0.2, 0) is 22.7 Å². The van der Waals surface area contributed by atoms with Crippen LogP contribution in [0.3, 0.4) is 0 Å². The number of ether oxygens (including phenoxy) is 4. The highest BCUT2D eigenvalue weighted by atomic mass is 19.4. The molecule has 0 spiro atoms. The summed E-state index contributed by atoms with van der Waals surface area (Å²) in [6.45, 7) is 5.10. The molecule has 0 saturated heterocycles. The van der Waals surface area contributed by atoms with Crippen molar-refractivity contribution in [3.05, 3.63) is 94.8 Å². The number of alkyl halides is 3. The minimum absolute atomic E-state index is 0.100. The number of carbonyl (C=O) groups excluding carboxylic acids is 1. The number of benzene rings is 3. The molecular weight excluding hydrogens is 552 g/mol. The zero-order valence-electron chi connectivity index (χ0n) is 23.6. The minimum Gasteiger partial charge on any atom is -0.489 e. The van der Waals surface area contributed by atoms with Gasteiger partial charge in [0.2, 0.25) is 0 Å². The lowest BCUT2D eigenvalue weighted by atomic mass is 10.1. The van der Waals surface area contributed by atoms with Crippen molar-refractivity contribution in [2.24, 2.45) is 0 Å².